The average Bonchev–Trinajstić information content (AvgIpc) is 2.21. The summed E-state index contributed by atoms with van der Waals surface area (Å²) in [5.41, 5.74) is 5.34. The van der Waals surface area contributed by atoms with Gasteiger partial charge in [0.1, 0.15) is 0 Å². The second-order valence-electron chi connectivity index (χ2n) is 3.12. The molecule has 0 spiro atoms. The maximum absolute atomic E-state index is 11.2. The van der Waals surface area contributed by atoms with Crippen LogP contribution in [0.5, 0.6) is 0 Å². The van der Waals surface area contributed by atoms with Crippen LogP contribution in [-0.4, -0.2) is 32.2 Å². The van der Waals surface area contributed by atoms with Crippen LogP contribution in [0.2, 0.25) is 0 Å². The lowest BCUT2D eigenvalue weighted by molar-refractivity contribution is -0.124. The molecule has 82 valence electrons. The number of nitrogens with two attached hydrogens (primary N) is 1. The first-order valence-corrected chi connectivity index (χ1v) is 4.88. The molecule has 4 heteroatoms. The van der Waals surface area contributed by atoms with Crippen molar-refractivity contribution >= 4 is 5.91 Å². The van der Waals surface area contributed by atoms with Gasteiger partial charge in [-0.05, 0) is 6.42 Å². The van der Waals surface area contributed by atoms with Gasteiger partial charge >= 0.3 is 0 Å². The largest absolute Gasteiger partial charge is 0.379 e. The molecule has 0 aliphatic rings. The summed E-state index contributed by atoms with van der Waals surface area (Å²) in [7, 11) is 0. The fraction of sp³-hybridized carbons (Fsp3) is 0.700. The molecule has 0 saturated carbocycles. The molecule has 0 heterocycles. The highest BCUT2D eigenvalue weighted by Gasteiger charge is 2.08. The molecule has 0 aromatic carbocycles. The Kier molecular flexibility index (Phi) is 8.17. The van der Waals surface area contributed by atoms with Crippen molar-refractivity contribution in [1.29, 1.82) is 0 Å². The standard InChI is InChI=1S/C10H20N2O2/c1-3-4-6-14-7-5-12-10(13)9(2)8-11/h3,9H,1,4-8,11H2,2H3,(H,12,13). The van der Waals surface area contributed by atoms with E-state index in [0.717, 1.165) is 6.42 Å². The molecule has 0 rings (SSSR count). The summed E-state index contributed by atoms with van der Waals surface area (Å²) >= 11 is 0. The third-order valence-corrected chi connectivity index (χ3v) is 1.81. The van der Waals surface area contributed by atoms with Crippen LogP contribution >= 0.6 is 0 Å². The maximum atomic E-state index is 11.2. The fourth-order valence-corrected chi connectivity index (χ4v) is 0.796. The summed E-state index contributed by atoms with van der Waals surface area (Å²) < 4.78 is 5.22. The number of hydrogen-bond acceptors (Lipinski definition) is 3. The Morgan fingerprint density at radius 2 is 2.36 bits per heavy atom. The average molecular weight is 200 g/mol. The Balaban J connectivity index is 3.27. The molecule has 0 aromatic rings. The Hall–Kier alpha value is -0.870. The van der Waals surface area contributed by atoms with E-state index in [2.05, 4.69) is 11.9 Å². The molecule has 4 nitrogen and oxygen atoms in total. The van der Waals surface area contributed by atoms with E-state index in [1.807, 2.05) is 0 Å². The van der Waals surface area contributed by atoms with Gasteiger partial charge in [0, 0.05) is 19.0 Å². The Morgan fingerprint density at radius 3 is 2.93 bits per heavy atom. The highest BCUT2D eigenvalue weighted by molar-refractivity contribution is 5.78. The lowest BCUT2D eigenvalue weighted by atomic mass is 10.2. The molecular formula is C10H20N2O2. The second kappa shape index (κ2) is 8.72. The van der Waals surface area contributed by atoms with Crippen molar-refractivity contribution in [1.82, 2.24) is 5.32 Å². The highest BCUT2D eigenvalue weighted by atomic mass is 16.5. The maximum Gasteiger partial charge on any atom is 0.224 e. The quantitative estimate of drug-likeness (QED) is 0.437. The molecule has 14 heavy (non-hydrogen) atoms. The molecule has 0 aliphatic carbocycles. The van der Waals surface area contributed by atoms with Gasteiger partial charge in [-0.25, -0.2) is 0 Å². The molecule has 0 aromatic heterocycles. The first-order valence-electron chi connectivity index (χ1n) is 4.88. The number of hydrogen-bond donors (Lipinski definition) is 2. The summed E-state index contributed by atoms with van der Waals surface area (Å²) in [6.07, 6.45) is 2.64. The molecule has 0 saturated heterocycles. The van der Waals surface area contributed by atoms with Crippen molar-refractivity contribution in [2.75, 3.05) is 26.3 Å². The summed E-state index contributed by atoms with van der Waals surface area (Å²) in [4.78, 5) is 11.2. The zero-order valence-corrected chi connectivity index (χ0v) is 8.79. The SMILES string of the molecule is C=CCCOCCNC(=O)C(C)CN. The zero-order chi connectivity index (χ0) is 10.8. The van der Waals surface area contributed by atoms with Crippen molar-refractivity contribution in [2.45, 2.75) is 13.3 Å². The third kappa shape index (κ3) is 6.62. The summed E-state index contributed by atoms with van der Waals surface area (Å²) in [5.74, 6) is -0.136. The van der Waals surface area contributed by atoms with Gasteiger partial charge in [-0.3, -0.25) is 4.79 Å². The second-order valence-corrected chi connectivity index (χ2v) is 3.12. The smallest absolute Gasteiger partial charge is 0.224 e. The van der Waals surface area contributed by atoms with E-state index < -0.39 is 0 Å². The van der Waals surface area contributed by atoms with Crippen molar-refractivity contribution in [3.05, 3.63) is 12.7 Å². The van der Waals surface area contributed by atoms with Crippen molar-refractivity contribution in [2.24, 2.45) is 11.7 Å². The Bertz CT molecular complexity index is 172. The molecule has 1 unspecified atom stereocenters. The van der Waals surface area contributed by atoms with E-state index >= 15 is 0 Å². The minimum absolute atomic E-state index is 0.0141. The molecule has 0 fully saturated rings. The molecule has 0 bridgehead atoms. The lowest BCUT2D eigenvalue weighted by Gasteiger charge is -2.09. The van der Waals surface area contributed by atoms with Crippen LogP contribution in [0.1, 0.15) is 13.3 Å². The predicted octanol–water partition coefficient (Wildman–Crippen LogP) is 0.290. The monoisotopic (exact) mass is 200 g/mol. The molecule has 3 N–H and O–H groups in total. The molecule has 1 atom stereocenters. The van der Waals surface area contributed by atoms with Crippen molar-refractivity contribution in [3.63, 3.8) is 0 Å². The molecular weight excluding hydrogens is 180 g/mol. The van der Waals surface area contributed by atoms with E-state index in [4.69, 9.17) is 10.5 Å². The van der Waals surface area contributed by atoms with E-state index in [0.29, 0.717) is 26.3 Å². The summed E-state index contributed by atoms with van der Waals surface area (Å²) in [6, 6.07) is 0. The number of carbonyl (C=O) groups is 1. The van der Waals surface area contributed by atoms with Gasteiger partial charge in [0.05, 0.1) is 13.2 Å². The number of carbonyl (C=O) groups excluding carboxylic acids is 1. The Labute approximate surface area is 85.5 Å². The van der Waals surface area contributed by atoms with Crippen molar-refractivity contribution < 1.29 is 9.53 Å². The first-order chi connectivity index (χ1) is 6.72. The van der Waals surface area contributed by atoms with Crippen LogP contribution in [0.3, 0.4) is 0 Å². The van der Waals surface area contributed by atoms with E-state index in [-0.39, 0.29) is 11.8 Å². The minimum atomic E-state index is -0.122. The molecule has 0 radical (unpaired) electrons. The van der Waals surface area contributed by atoms with Gasteiger partial charge in [-0.2, -0.15) is 0 Å². The summed E-state index contributed by atoms with van der Waals surface area (Å²) in [5, 5.41) is 2.74. The van der Waals surface area contributed by atoms with Gasteiger partial charge in [-0.15, -0.1) is 6.58 Å². The number of amides is 1. The van der Waals surface area contributed by atoms with Crippen LogP contribution in [0.4, 0.5) is 0 Å². The zero-order valence-electron chi connectivity index (χ0n) is 8.79. The van der Waals surface area contributed by atoms with Gasteiger partial charge in [-0.1, -0.05) is 13.0 Å². The molecule has 0 aliphatic heterocycles. The summed E-state index contributed by atoms with van der Waals surface area (Å²) in [6.45, 7) is 7.49. The topological polar surface area (TPSA) is 64.3 Å². The van der Waals surface area contributed by atoms with Crippen LogP contribution in [0.25, 0.3) is 0 Å². The van der Waals surface area contributed by atoms with E-state index in [9.17, 15) is 4.79 Å². The van der Waals surface area contributed by atoms with Crippen molar-refractivity contribution in [3.8, 4) is 0 Å². The first kappa shape index (κ1) is 13.1. The number of rotatable bonds is 8. The fourth-order valence-electron chi connectivity index (χ4n) is 0.796. The van der Waals surface area contributed by atoms with E-state index in [1.165, 1.54) is 0 Å². The highest BCUT2D eigenvalue weighted by Crippen LogP contribution is 1.89. The third-order valence-electron chi connectivity index (χ3n) is 1.81. The van der Waals surface area contributed by atoms with Gasteiger partial charge < -0.3 is 15.8 Å². The van der Waals surface area contributed by atoms with Gasteiger partial charge in [0.25, 0.3) is 0 Å². The van der Waals surface area contributed by atoms with Crippen LogP contribution in [-0.2, 0) is 9.53 Å². The predicted molar refractivity (Wildman–Crippen MR) is 56.9 cm³/mol. The normalized spacial score (nSPS) is 12.1. The number of ether oxygens (including phenoxy) is 1. The van der Waals surface area contributed by atoms with Crippen LogP contribution < -0.4 is 11.1 Å². The Morgan fingerprint density at radius 1 is 1.64 bits per heavy atom. The minimum Gasteiger partial charge on any atom is -0.379 e. The lowest BCUT2D eigenvalue weighted by Crippen LogP contribution is -2.35. The van der Waals surface area contributed by atoms with Crippen LogP contribution in [0, 0.1) is 5.92 Å². The molecule has 1 amide bonds. The van der Waals surface area contributed by atoms with E-state index in [1.54, 1.807) is 13.0 Å². The van der Waals surface area contributed by atoms with Gasteiger partial charge in [0.15, 0.2) is 0 Å². The van der Waals surface area contributed by atoms with Crippen LogP contribution in [0.15, 0.2) is 12.7 Å². The van der Waals surface area contributed by atoms with Gasteiger partial charge in [0.2, 0.25) is 5.91 Å². The number of nitrogens with one attached hydrogen (secondary N) is 1.